The fourth-order valence-corrected chi connectivity index (χ4v) is 3.76. The smallest absolute Gasteiger partial charge is 0.256 e. The minimum absolute atomic E-state index is 0.0760. The number of amides is 1. The minimum atomic E-state index is 0.0760. The number of rotatable bonds is 3. The summed E-state index contributed by atoms with van der Waals surface area (Å²) in [4.78, 5) is 28.7. The molecular formula is C22H23N3O2. The van der Waals surface area contributed by atoms with Crippen LogP contribution in [0.25, 0.3) is 10.9 Å². The maximum Gasteiger partial charge on any atom is 0.256 e. The van der Waals surface area contributed by atoms with Gasteiger partial charge in [-0.3, -0.25) is 9.59 Å². The standard InChI is InChI=1S/C22H23N3O2/c1-16(26)17-7-9-18(10-8-17)24-11-13-25(14-12-24)22(27)20-15-23(2)21-6-4-3-5-19(20)21/h3-10,15H,11-14H2,1-2H3. The van der Waals surface area contributed by atoms with Crippen LogP contribution < -0.4 is 4.90 Å². The van der Waals surface area contributed by atoms with Gasteiger partial charge in [0, 0.05) is 61.6 Å². The fourth-order valence-electron chi connectivity index (χ4n) is 3.76. The Morgan fingerprint density at radius 1 is 0.889 bits per heavy atom. The highest BCUT2D eigenvalue weighted by Crippen LogP contribution is 2.23. The largest absolute Gasteiger partial charge is 0.368 e. The predicted octanol–water partition coefficient (Wildman–Crippen LogP) is 3.34. The Morgan fingerprint density at radius 2 is 1.56 bits per heavy atom. The van der Waals surface area contributed by atoms with E-state index in [4.69, 9.17) is 0 Å². The molecule has 1 aliphatic rings. The van der Waals surface area contributed by atoms with Crippen LogP contribution in [0.4, 0.5) is 5.69 Å². The van der Waals surface area contributed by atoms with Gasteiger partial charge in [-0.05, 0) is 37.3 Å². The summed E-state index contributed by atoms with van der Waals surface area (Å²) in [5.74, 6) is 0.172. The Kier molecular flexibility index (Phi) is 4.44. The Bertz CT molecular complexity index is 996. The first-order valence-electron chi connectivity index (χ1n) is 9.24. The Morgan fingerprint density at radius 3 is 2.22 bits per heavy atom. The minimum Gasteiger partial charge on any atom is -0.368 e. The van der Waals surface area contributed by atoms with Gasteiger partial charge in [-0.2, -0.15) is 0 Å². The summed E-state index contributed by atoms with van der Waals surface area (Å²) in [7, 11) is 1.97. The van der Waals surface area contributed by atoms with Gasteiger partial charge < -0.3 is 14.4 Å². The van der Waals surface area contributed by atoms with Crippen LogP contribution >= 0.6 is 0 Å². The highest BCUT2D eigenvalue weighted by atomic mass is 16.2. The number of para-hydroxylation sites is 1. The van der Waals surface area contributed by atoms with Gasteiger partial charge in [-0.15, -0.1) is 0 Å². The van der Waals surface area contributed by atoms with Crippen LogP contribution in [-0.2, 0) is 7.05 Å². The van der Waals surface area contributed by atoms with Crippen LogP contribution in [0, 0.1) is 0 Å². The first-order chi connectivity index (χ1) is 13.0. The SMILES string of the molecule is CC(=O)c1ccc(N2CCN(C(=O)c3cn(C)c4ccccc34)CC2)cc1. The third kappa shape index (κ3) is 3.21. The molecule has 0 atom stereocenters. The van der Waals surface area contributed by atoms with Gasteiger partial charge in [0.25, 0.3) is 5.91 Å². The monoisotopic (exact) mass is 361 g/mol. The molecule has 0 saturated carbocycles. The number of aromatic nitrogens is 1. The number of fused-ring (bicyclic) bond motifs is 1. The summed E-state index contributed by atoms with van der Waals surface area (Å²) in [5, 5.41) is 1.01. The van der Waals surface area contributed by atoms with Crippen molar-refractivity contribution in [1.82, 2.24) is 9.47 Å². The summed E-state index contributed by atoms with van der Waals surface area (Å²) in [6, 6.07) is 15.7. The van der Waals surface area contributed by atoms with Gasteiger partial charge in [-0.1, -0.05) is 18.2 Å². The van der Waals surface area contributed by atoms with E-state index in [0.717, 1.165) is 40.8 Å². The zero-order valence-corrected chi connectivity index (χ0v) is 15.7. The molecule has 4 rings (SSSR count). The molecule has 3 aromatic rings. The summed E-state index contributed by atoms with van der Waals surface area (Å²) >= 11 is 0. The van der Waals surface area contributed by atoms with E-state index in [1.54, 1.807) is 6.92 Å². The zero-order chi connectivity index (χ0) is 19.0. The van der Waals surface area contributed by atoms with Gasteiger partial charge in [0.15, 0.2) is 5.78 Å². The number of nitrogens with zero attached hydrogens (tertiary/aromatic N) is 3. The van der Waals surface area contributed by atoms with E-state index in [1.807, 2.05) is 71.2 Å². The Labute approximate surface area is 158 Å². The number of anilines is 1. The third-order valence-electron chi connectivity index (χ3n) is 5.33. The number of hydrogen-bond donors (Lipinski definition) is 0. The molecule has 1 aromatic heterocycles. The number of ketones is 1. The molecule has 5 heteroatoms. The van der Waals surface area contributed by atoms with Gasteiger partial charge in [0.1, 0.15) is 0 Å². The van der Waals surface area contributed by atoms with Crippen molar-refractivity contribution < 1.29 is 9.59 Å². The third-order valence-corrected chi connectivity index (χ3v) is 5.33. The van der Waals surface area contributed by atoms with Gasteiger partial charge in [-0.25, -0.2) is 0 Å². The van der Waals surface area contributed by atoms with Gasteiger partial charge >= 0.3 is 0 Å². The number of piperazine rings is 1. The lowest BCUT2D eigenvalue weighted by molar-refractivity contribution is 0.0748. The molecule has 0 unspecified atom stereocenters. The first-order valence-corrected chi connectivity index (χ1v) is 9.24. The molecule has 2 heterocycles. The van der Waals surface area contributed by atoms with Crippen LogP contribution in [0.1, 0.15) is 27.6 Å². The molecule has 0 aliphatic carbocycles. The second-order valence-electron chi connectivity index (χ2n) is 7.05. The quantitative estimate of drug-likeness (QED) is 0.672. The molecule has 1 aliphatic heterocycles. The number of Topliss-reactive ketones (excluding diaryl/α,β-unsaturated/α-hetero) is 1. The van der Waals surface area contributed by atoms with Crippen molar-refractivity contribution in [1.29, 1.82) is 0 Å². The Hall–Kier alpha value is -3.08. The van der Waals surface area contributed by atoms with Crippen LogP contribution in [-0.4, -0.2) is 47.3 Å². The predicted molar refractivity (Wildman–Crippen MR) is 107 cm³/mol. The van der Waals surface area contributed by atoms with Crippen molar-refractivity contribution in [3.05, 3.63) is 65.9 Å². The van der Waals surface area contributed by atoms with E-state index in [0.29, 0.717) is 13.1 Å². The highest BCUT2D eigenvalue weighted by molar-refractivity contribution is 6.07. The maximum atomic E-state index is 13.0. The van der Waals surface area contributed by atoms with Crippen LogP contribution in [0.3, 0.4) is 0 Å². The van der Waals surface area contributed by atoms with Crippen LogP contribution in [0.15, 0.2) is 54.7 Å². The fraction of sp³-hybridized carbons (Fsp3) is 0.273. The van der Waals surface area contributed by atoms with Crippen LogP contribution in [0.5, 0.6) is 0 Å². The van der Waals surface area contributed by atoms with Crippen molar-refractivity contribution in [2.75, 3.05) is 31.1 Å². The number of benzene rings is 2. The number of aryl methyl sites for hydroxylation is 1. The molecule has 0 spiro atoms. The average molecular weight is 361 g/mol. The number of carbonyl (C=O) groups is 2. The lowest BCUT2D eigenvalue weighted by Gasteiger charge is -2.36. The van der Waals surface area contributed by atoms with Crippen molar-refractivity contribution in [3.63, 3.8) is 0 Å². The second kappa shape index (κ2) is 6.91. The van der Waals surface area contributed by atoms with Crippen LogP contribution in [0.2, 0.25) is 0 Å². The summed E-state index contributed by atoms with van der Waals surface area (Å²) in [5.41, 5.74) is 3.66. The molecule has 1 fully saturated rings. The maximum absolute atomic E-state index is 13.0. The molecule has 1 saturated heterocycles. The summed E-state index contributed by atoms with van der Waals surface area (Å²) in [6.07, 6.45) is 1.93. The molecule has 138 valence electrons. The summed E-state index contributed by atoms with van der Waals surface area (Å²) < 4.78 is 2.01. The molecule has 1 amide bonds. The molecule has 2 aromatic carbocycles. The zero-order valence-electron chi connectivity index (χ0n) is 15.7. The van der Waals surface area contributed by atoms with E-state index in [-0.39, 0.29) is 11.7 Å². The first kappa shape index (κ1) is 17.3. The van der Waals surface area contributed by atoms with E-state index in [9.17, 15) is 9.59 Å². The van der Waals surface area contributed by atoms with E-state index in [2.05, 4.69) is 4.90 Å². The number of carbonyl (C=O) groups excluding carboxylic acids is 2. The second-order valence-corrected chi connectivity index (χ2v) is 7.05. The van der Waals surface area contributed by atoms with Gasteiger partial charge in [0.2, 0.25) is 0 Å². The van der Waals surface area contributed by atoms with E-state index >= 15 is 0 Å². The molecule has 0 bridgehead atoms. The van der Waals surface area contributed by atoms with E-state index in [1.165, 1.54) is 0 Å². The van der Waals surface area contributed by atoms with E-state index < -0.39 is 0 Å². The molecular weight excluding hydrogens is 338 g/mol. The molecule has 5 nitrogen and oxygen atoms in total. The lowest BCUT2D eigenvalue weighted by atomic mass is 10.1. The lowest BCUT2D eigenvalue weighted by Crippen LogP contribution is -2.48. The molecule has 0 N–H and O–H groups in total. The number of hydrogen-bond acceptors (Lipinski definition) is 3. The normalized spacial score (nSPS) is 14.6. The Balaban J connectivity index is 1.47. The van der Waals surface area contributed by atoms with Crippen molar-refractivity contribution in [2.45, 2.75) is 6.92 Å². The summed E-state index contributed by atoms with van der Waals surface area (Å²) in [6.45, 7) is 4.53. The van der Waals surface area contributed by atoms with Crippen molar-refractivity contribution in [3.8, 4) is 0 Å². The molecule has 27 heavy (non-hydrogen) atoms. The van der Waals surface area contributed by atoms with Gasteiger partial charge in [0.05, 0.1) is 5.56 Å². The van der Waals surface area contributed by atoms with Crippen molar-refractivity contribution >= 4 is 28.3 Å². The average Bonchev–Trinajstić information content (AvgIpc) is 3.05. The van der Waals surface area contributed by atoms with Crippen molar-refractivity contribution in [2.24, 2.45) is 7.05 Å². The molecule has 0 radical (unpaired) electrons. The highest BCUT2D eigenvalue weighted by Gasteiger charge is 2.24. The topological polar surface area (TPSA) is 45.6 Å².